The van der Waals surface area contributed by atoms with Gasteiger partial charge in [0.1, 0.15) is 10.8 Å². The summed E-state index contributed by atoms with van der Waals surface area (Å²) in [6, 6.07) is 11.8. The summed E-state index contributed by atoms with van der Waals surface area (Å²) >= 11 is 0. The van der Waals surface area contributed by atoms with Crippen LogP contribution in [0.4, 0.5) is 5.88 Å². The summed E-state index contributed by atoms with van der Waals surface area (Å²) in [4.78, 5) is 34.2. The molecule has 2 N–H and O–H groups in total. The highest BCUT2D eigenvalue weighted by Gasteiger charge is 2.40. The number of nitro groups is 1. The van der Waals surface area contributed by atoms with E-state index < -0.39 is 22.6 Å². The smallest absolute Gasteiger partial charge is 0.400 e. The molecule has 1 aromatic heterocycles. The van der Waals surface area contributed by atoms with Gasteiger partial charge in [-0.1, -0.05) is 30.3 Å². The number of carbonyl (C=O) groups is 2. The van der Waals surface area contributed by atoms with Gasteiger partial charge in [-0.25, -0.2) is 5.43 Å². The van der Waals surface area contributed by atoms with Crippen molar-refractivity contribution in [3.05, 3.63) is 63.9 Å². The Morgan fingerprint density at radius 1 is 1.32 bits per heavy atom. The normalized spacial score (nSPS) is 19.8. The summed E-state index contributed by atoms with van der Waals surface area (Å²) in [5.41, 5.74) is 3.16. The van der Waals surface area contributed by atoms with E-state index in [0.717, 1.165) is 11.8 Å². The lowest BCUT2D eigenvalue weighted by molar-refractivity contribution is -0.402. The van der Waals surface area contributed by atoms with E-state index in [2.05, 4.69) is 15.8 Å². The third-order valence-corrected chi connectivity index (χ3v) is 3.85. The first-order chi connectivity index (χ1) is 12.1. The van der Waals surface area contributed by atoms with Gasteiger partial charge in [-0.3, -0.25) is 19.7 Å². The molecule has 1 aliphatic rings. The van der Waals surface area contributed by atoms with E-state index in [1.165, 1.54) is 12.1 Å². The Balaban J connectivity index is 1.67. The Labute approximate surface area is 141 Å². The Kier molecular flexibility index (Phi) is 4.55. The van der Waals surface area contributed by atoms with E-state index in [9.17, 15) is 19.7 Å². The lowest BCUT2D eigenvalue weighted by Crippen LogP contribution is -2.34. The van der Waals surface area contributed by atoms with Gasteiger partial charge in [0.25, 0.3) is 5.91 Å². The molecule has 0 unspecified atom stereocenters. The number of hydrogen-bond donors (Lipinski definition) is 2. The lowest BCUT2D eigenvalue weighted by atomic mass is 9.88. The van der Waals surface area contributed by atoms with Crippen LogP contribution in [-0.2, 0) is 9.59 Å². The quantitative estimate of drug-likeness (QED) is 0.365. The molecule has 2 heterocycles. The molecular weight excluding hydrogens is 328 g/mol. The summed E-state index contributed by atoms with van der Waals surface area (Å²) in [7, 11) is 0. The molecule has 2 atom stereocenters. The van der Waals surface area contributed by atoms with Crippen molar-refractivity contribution in [2.75, 3.05) is 6.54 Å². The van der Waals surface area contributed by atoms with E-state index in [4.69, 9.17) is 4.42 Å². The van der Waals surface area contributed by atoms with Gasteiger partial charge >= 0.3 is 5.88 Å². The van der Waals surface area contributed by atoms with E-state index in [1.54, 1.807) is 0 Å². The van der Waals surface area contributed by atoms with Crippen molar-refractivity contribution >= 4 is 23.9 Å². The van der Waals surface area contributed by atoms with Crippen molar-refractivity contribution in [2.24, 2.45) is 11.0 Å². The first-order valence-electron chi connectivity index (χ1n) is 7.46. The van der Waals surface area contributed by atoms with Crippen molar-refractivity contribution in [1.82, 2.24) is 10.7 Å². The minimum absolute atomic E-state index is 0.113. The Hall–Kier alpha value is -3.49. The maximum Gasteiger partial charge on any atom is 0.433 e. The molecule has 1 aromatic carbocycles. The second-order valence-corrected chi connectivity index (χ2v) is 5.41. The van der Waals surface area contributed by atoms with Crippen molar-refractivity contribution in [3.8, 4) is 0 Å². The number of amides is 2. The molecule has 1 fully saturated rings. The van der Waals surface area contributed by atoms with E-state index in [0.29, 0.717) is 6.54 Å². The van der Waals surface area contributed by atoms with Crippen LogP contribution in [0.3, 0.4) is 0 Å². The van der Waals surface area contributed by atoms with Crippen LogP contribution in [0.1, 0.15) is 17.2 Å². The third-order valence-electron chi connectivity index (χ3n) is 3.85. The first-order valence-corrected chi connectivity index (χ1v) is 7.46. The zero-order chi connectivity index (χ0) is 17.8. The van der Waals surface area contributed by atoms with Crippen LogP contribution in [0.5, 0.6) is 0 Å². The molecule has 1 aliphatic heterocycles. The van der Waals surface area contributed by atoms with Crippen LogP contribution in [0.15, 0.2) is 52.0 Å². The number of nitrogens with one attached hydrogen (secondary N) is 2. The van der Waals surface area contributed by atoms with Gasteiger partial charge in [-0.15, -0.1) is 0 Å². The number of furan rings is 1. The monoisotopic (exact) mass is 342 g/mol. The zero-order valence-corrected chi connectivity index (χ0v) is 12.9. The molecule has 0 radical (unpaired) electrons. The maximum absolute atomic E-state index is 12.3. The number of rotatable bonds is 5. The molecular formula is C16H14N4O5. The SMILES string of the molecule is O=C1NC[C@H](c2ccccc2)[C@@H]1C(=O)N/N=C\c1ccc([N+](=O)[O-])o1. The highest BCUT2D eigenvalue weighted by Crippen LogP contribution is 2.28. The fourth-order valence-corrected chi connectivity index (χ4v) is 2.67. The number of nitrogens with zero attached hydrogens (tertiary/aromatic N) is 2. The zero-order valence-electron chi connectivity index (χ0n) is 12.9. The highest BCUT2D eigenvalue weighted by molar-refractivity contribution is 6.03. The Morgan fingerprint density at radius 2 is 2.08 bits per heavy atom. The van der Waals surface area contributed by atoms with Crippen LogP contribution < -0.4 is 10.7 Å². The number of carbonyl (C=O) groups excluding carboxylic acids is 2. The van der Waals surface area contributed by atoms with E-state index >= 15 is 0 Å². The fraction of sp³-hybridized carbons (Fsp3) is 0.188. The van der Waals surface area contributed by atoms with Gasteiger partial charge in [0.2, 0.25) is 5.91 Å². The second-order valence-electron chi connectivity index (χ2n) is 5.41. The molecule has 128 valence electrons. The highest BCUT2D eigenvalue weighted by atomic mass is 16.6. The number of hydrogen-bond acceptors (Lipinski definition) is 6. The minimum atomic E-state index is -0.898. The minimum Gasteiger partial charge on any atom is -0.400 e. The van der Waals surface area contributed by atoms with Crippen LogP contribution >= 0.6 is 0 Å². The third kappa shape index (κ3) is 3.55. The van der Waals surface area contributed by atoms with Crippen LogP contribution in [0, 0.1) is 16.0 Å². The lowest BCUT2D eigenvalue weighted by Gasteiger charge is -2.15. The molecule has 0 saturated carbocycles. The summed E-state index contributed by atoms with van der Waals surface area (Å²) in [5, 5.41) is 16.9. The standard InChI is InChI=1S/C16H14N4O5/c21-15-14(12(9-17-15)10-4-2-1-3-5-10)16(22)19-18-8-11-6-7-13(25-11)20(23)24/h1-8,12,14H,9H2,(H,17,21)(H,19,22)/b18-8-/t12-,14+/m1/s1. The van der Waals surface area contributed by atoms with Crippen LogP contribution in [0.2, 0.25) is 0 Å². The first kappa shape index (κ1) is 16.4. The van der Waals surface area contributed by atoms with Crippen molar-refractivity contribution in [1.29, 1.82) is 0 Å². The molecule has 25 heavy (non-hydrogen) atoms. The molecule has 9 nitrogen and oxygen atoms in total. The summed E-state index contributed by atoms with van der Waals surface area (Å²) in [6.45, 7) is 0.370. The van der Waals surface area contributed by atoms with Crippen LogP contribution in [0.25, 0.3) is 0 Å². The average Bonchev–Trinajstić information content (AvgIpc) is 3.22. The van der Waals surface area contributed by atoms with Gasteiger partial charge in [-0.2, -0.15) is 5.10 Å². The molecule has 0 spiro atoms. The van der Waals surface area contributed by atoms with Crippen molar-refractivity contribution in [3.63, 3.8) is 0 Å². The number of benzene rings is 1. The summed E-state index contributed by atoms with van der Waals surface area (Å²) in [6.07, 6.45) is 1.13. The Morgan fingerprint density at radius 3 is 2.76 bits per heavy atom. The molecule has 3 rings (SSSR count). The largest absolute Gasteiger partial charge is 0.433 e. The van der Waals surface area contributed by atoms with Crippen LogP contribution in [-0.4, -0.2) is 29.5 Å². The fourth-order valence-electron chi connectivity index (χ4n) is 2.67. The molecule has 1 saturated heterocycles. The molecule has 0 aliphatic carbocycles. The van der Waals surface area contributed by atoms with E-state index in [1.807, 2.05) is 30.3 Å². The van der Waals surface area contributed by atoms with Gasteiger partial charge in [0, 0.05) is 12.5 Å². The molecule has 0 bridgehead atoms. The maximum atomic E-state index is 12.3. The number of hydrazone groups is 1. The van der Waals surface area contributed by atoms with Gasteiger partial charge < -0.3 is 9.73 Å². The summed E-state index contributed by atoms with van der Waals surface area (Å²) in [5.74, 6) is -2.41. The second kappa shape index (κ2) is 6.95. The van der Waals surface area contributed by atoms with Gasteiger partial charge in [0.15, 0.2) is 5.76 Å². The Bertz CT molecular complexity index is 830. The topological polar surface area (TPSA) is 127 Å². The molecule has 2 aromatic rings. The molecule has 9 heteroatoms. The predicted octanol–water partition coefficient (Wildman–Crippen LogP) is 1.17. The van der Waals surface area contributed by atoms with Crippen molar-refractivity contribution < 1.29 is 18.9 Å². The summed E-state index contributed by atoms with van der Waals surface area (Å²) < 4.78 is 4.88. The van der Waals surface area contributed by atoms with E-state index in [-0.39, 0.29) is 17.6 Å². The van der Waals surface area contributed by atoms with Gasteiger partial charge in [0.05, 0.1) is 12.3 Å². The average molecular weight is 342 g/mol. The molecule has 2 amide bonds. The van der Waals surface area contributed by atoms with Gasteiger partial charge in [-0.05, 0) is 11.6 Å². The predicted molar refractivity (Wildman–Crippen MR) is 86.8 cm³/mol. The van der Waals surface area contributed by atoms with Crippen molar-refractivity contribution in [2.45, 2.75) is 5.92 Å².